The van der Waals surface area contributed by atoms with Crippen molar-refractivity contribution in [3.8, 4) is 11.4 Å². The molecule has 0 radical (unpaired) electrons. The number of hydrogen-bond acceptors (Lipinski definition) is 8. The molecule has 2 spiro atoms. The zero-order chi connectivity index (χ0) is 38.6. The smallest absolute Gasteiger partial charge is 0.282 e. The second-order valence-electron chi connectivity index (χ2n) is 17.7. The molecular formula is C45H47ClN6O5. The van der Waals surface area contributed by atoms with Crippen molar-refractivity contribution in [3.63, 3.8) is 0 Å². The van der Waals surface area contributed by atoms with Gasteiger partial charge in [0.25, 0.3) is 11.5 Å². The molecule has 3 amide bonds. The highest BCUT2D eigenvalue weighted by Crippen LogP contribution is 2.53. The highest BCUT2D eigenvalue weighted by Gasteiger charge is 2.49. The quantitative estimate of drug-likeness (QED) is 0.251. The van der Waals surface area contributed by atoms with E-state index in [1.54, 1.807) is 11.0 Å². The number of ether oxygens (including phenoxy) is 1. The van der Waals surface area contributed by atoms with Crippen LogP contribution in [0.15, 0.2) is 53.3 Å². The number of halogens is 1. The molecule has 7 heterocycles. The van der Waals surface area contributed by atoms with Crippen LogP contribution in [0.2, 0.25) is 5.02 Å². The van der Waals surface area contributed by atoms with E-state index in [1.807, 2.05) is 18.2 Å². The predicted molar refractivity (Wildman–Crippen MR) is 216 cm³/mol. The first-order valence-corrected chi connectivity index (χ1v) is 21.4. The molecule has 12 heteroatoms. The van der Waals surface area contributed by atoms with Gasteiger partial charge in [0.15, 0.2) is 0 Å². The van der Waals surface area contributed by atoms with Gasteiger partial charge in [0.1, 0.15) is 11.6 Å². The Balaban J connectivity index is 0.772. The summed E-state index contributed by atoms with van der Waals surface area (Å²) in [5.74, 6) is 0.804. The summed E-state index contributed by atoms with van der Waals surface area (Å²) in [4.78, 5) is 62.7. The molecule has 57 heavy (non-hydrogen) atoms. The number of carbonyl (C=O) groups is 3. The molecule has 1 aromatic heterocycles. The van der Waals surface area contributed by atoms with E-state index in [0.29, 0.717) is 54.6 Å². The number of likely N-dealkylation sites (tertiary alicyclic amines) is 1. The second-order valence-corrected chi connectivity index (χ2v) is 18.1. The molecule has 1 N–H and O–H groups in total. The number of rotatable bonds is 4. The molecule has 1 atom stereocenters. The Bertz CT molecular complexity index is 2440. The average molecular weight is 787 g/mol. The van der Waals surface area contributed by atoms with E-state index in [9.17, 15) is 19.2 Å². The minimum Gasteiger partial charge on any atom is -0.492 e. The normalized spacial score (nSPS) is 23.8. The lowest BCUT2D eigenvalue weighted by Crippen LogP contribution is -2.51. The number of nitrogens with one attached hydrogen (secondary N) is 1. The Labute approximate surface area is 336 Å². The Morgan fingerprint density at radius 1 is 0.877 bits per heavy atom. The molecule has 1 saturated carbocycles. The molecule has 7 aliphatic rings. The maximum atomic E-state index is 13.4. The van der Waals surface area contributed by atoms with Gasteiger partial charge in [0.2, 0.25) is 11.8 Å². The van der Waals surface area contributed by atoms with Crippen molar-refractivity contribution in [2.75, 3.05) is 44.2 Å². The third-order valence-electron chi connectivity index (χ3n) is 14.8. The summed E-state index contributed by atoms with van der Waals surface area (Å²) >= 11 is 6.58. The maximum Gasteiger partial charge on any atom is 0.282 e. The second kappa shape index (κ2) is 13.1. The Hall–Kier alpha value is -4.74. The molecule has 11 nitrogen and oxygen atoms in total. The van der Waals surface area contributed by atoms with E-state index in [0.717, 1.165) is 106 Å². The molecule has 3 saturated heterocycles. The Morgan fingerprint density at radius 2 is 1.68 bits per heavy atom. The fourth-order valence-corrected chi connectivity index (χ4v) is 11.9. The predicted octanol–water partition coefficient (Wildman–Crippen LogP) is 6.01. The first-order chi connectivity index (χ1) is 27.7. The first-order valence-electron chi connectivity index (χ1n) is 21.0. The van der Waals surface area contributed by atoms with E-state index in [4.69, 9.17) is 21.3 Å². The zero-order valence-corrected chi connectivity index (χ0v) is 32.9. The van der Waals surface area contributed by atoms with Crippen molar-refractivity contribution in [2.24, 2.45) is 5.92 Å². The molecular weight excluding hydrogens is 740 g/mol. The molecule has 4 fully saturated rings. The van der Waals surface area contributed by atoms with Crippen LogP contribution in [0.1, 0.15) is 104 Å². The molecule has 6 aliphatic heterocycles. The van der Waals surface area contributed by atoms with Crippen LogP contribution in [0.25, 0.3) is 16.6 Å². The van der Waals surface area contributed by atoms with Gasteiger partial charge in [0.05, 0.1) is 46.1 Å². The standard InChI is InChI=1S/C45H47ClN6O5/c46-34-5-4-6-36-38(34)41(55)48-43-45(15-2-1-3-16-45)33-23-29(8-11-35(33)52(36)43)49-19-13-28(14-20-49)50-21-17-44(18-22-50)26-57-39-31-25-51(42(56)30(31)9-10-32(39)44)24-27-7-12-37(53)47-40(27)54/h4-6,8-11,23,27-28H,1-3,7,12-22,24-26H2,(H,47,53,54)/t27-/m1/s1. The van der Waals surface area contributed by atoms with Crippen molar-refractivity contribution >= 4 is 45.9 Å². The van der Waals surface area contributed by atoms with Gasteiger partial charge in [-0.1, -0.05) is 43.0 Å². The number of carbonyl (C=O) groups excluding carboxylic acids is 3. The monoisotopic (exact) mass is 786 g/mol. The van der Waals surface area contributed by atoms with E-state index in [-0.39, 0.29) is 40.0 Å². The van der Waals surface area contributed by atoms with Crippen LogP contribution in [-0.4, -0.2) is 82.4 Å². The lowest BCUT2D eigenvalue weighted by Gasteiger charge is -2.45. The van der Waals surface area contributed by atoms with Gasteiger partial charge in [-0.3, -0.25) is 29.1 Å². The summed E-state index contributed by atoms with van der Waals surface area (Å²) in [6, 6.07) is 17.3. The van der Waals surface area contributed by atoms with Gasteiger partial charge >= 0.3 is 0 Å². The Morgan fingerprint density at radius 3 is 2.47 bits per heavy atom. The van der Waals surface area contributed by atoms with E-state index >= 15 is 0 Å². The summed E-state index contributed by atoms with van der Waals surface area (Å²) in [5.41, 5.74) is 6.86. The minimum atomic E-state index is -0.371. The molecule has 11 rings (SSSR count). The number of hydrogen-bond donors (Lipinski definition) is 1. The van der Waals surface area contributed by atoms with Crippen LogP contribution in [0.3, 0.4) is 0 Å². The fourth-order valence-electron chi connectivity index (χ4n) is 11.7. The number of anilines is 1. The van der Waals surface area contributed by atoms with Crippen molar-refractivity contribution < 1.29 is 19.1 Å². The molecule has 4 aromatic rings. The van der Waals surface area contributed by atoms with E-state index in [1.165, 1.54) is 23.2 Å². The van der Waals surface area contributed by atoms with Gasteiger partial charge in [-0.15, -0.1) is 0 Å². The number of aromatic nitrogens is 2. The number of piperidine rings is 3. The molecule has 1 aliphatic carbocycles. The largest absolute Gasteiger partial charge is 0.492 e. The van der Waals surface area contributed by atoms with Gasteiger partial charge in [-0.05, 0) is 100.0 Å². The number of benzene rings is 3. The molecule has 0 bridgehead atoms. The Kier molecular flexibility index (Phi) is 8.17. The number of imide groups is 1. The maximum absolute atomic E-state index is 13.4. The molecule has 0 unspecified atom stereocenters. The van der Waals surface area contributed by atoms with Crippen LogP contribution >= 0.6 is 11.6 Å². The van der Waals surface area contributed by atoms with Crippen LogP contribution < -0.4 is 20.5 Å². The van der Waals surface area contributed by atoms with Crippen molar-refractivity contribution in [1.29, 1.82) is 0 Å². The summed E-state index contributed by atoms with van der Waals surface area (Å²) in [7, 11) is 0. The van der Waals surface area contributed by atoms with Crippen molar-refractivity contribution in [3.05, 3.63) is 92.0 Å². The van der Waals surface area contributed by atoms with Gasteiger partial charge in [-0.2, -0.15) is 4.98 Å². The zero-order valence-electron chi connectivity index (χ0n) is 32.2. The van der Waals surface area contributed by atoms with Gasteiger partial charge in [-0.25, -0.2) is 0 Å². The SMILES string of the molecule is O=C1CC[C@H](CN2Cc3c(ccc4c3OCC43CCN(C4CCN(c5ccc6c(c5)C5(CCCCC5)c5nc(=O)c7c(Cl)cccc7n5-6)CC4)CC3)C2=O)C(=O)N1. The van der Waals surface area contributed by atoms with Crippen LogP contribution in [-0.2, 0) is 27.0 Å². The highest BCUT2D eigenvalue weighted by atomic mass is 35.5. The van der Waals surface area contributed by atoms with E-state index in [2.05, 4.69) is 43.9 Å². The van der Waals surface area contributed by atoms with Crippen LogP contribution in [0.4, 0.5) is 5.69 Å². The minimum absolute atomic E-state index is 0.0465. The van der Waals surface area contributed by atoms with Crippen LogP contribution in [0, 0.1) is 5.92 Å². The highest BCUT2D eigenvalue weighted by molar-refractivity contribution is 6.35. The van der Waals surface area contributed by atoms with Crippen molar-refractivity contribution in [2.45, 2.75) is 94.0 Å². The van der Waals surface area contributed by atoms with Crippen molar-refractivity contribution in [1.82, 2.24) is 24.7 Å². The fraction of sp³-hybridized carbons (Fsp3) is 0.489. The third-order valence-corrected chi connectivity index (χ3v) is 15.1. The van der Waals surface area contributed by atoms with Gasteiger partial charge in [0, 0.05) is 59.9 Å². The van der Waals surface area contributed by atoms with Crippen LogP contribution in [0.5, 0.6) is 5.75 Å². The molecule has 3 aromatic carbocycles. The van der Waals surface area contributed by atoms with Gasteiger partial charge < -0.3 is 19.4 Å². The lowest BCUT2D eigenvalue weighted by molar-refractivity contribution is -0.136. The lowest BCUT2D eigenvalue weighted by atomic mass is 9.69. The number of fused-ring (bicyclic) bond motifs is 11. The summed E-state index contributed by atoms with van der Waals surface area (Å²) in [6.45, 7) is 5.44. The summed E-state index contributed by atoms with van der Waals surface area (Å²) in [6.07, 6.45) is 10.5. The number of nitrogens with zero attached hydrogens (tertiary/aromatic N) is 5. The average Bonchev–Trinajstić information content (AvgIpc) is 3.83. The third kappa shape index (κ3) is 5.37. The summed E-state index contributed by atoms with van der Waals surface area (Å²) in [5, 5.41) is 3.37. The first kappa shape index (κ1) is 35.4. The van der Waals surface area contributed by atoms with E-state index < -0.39 is 0 Å². The summed E-state index contributed by atoms with van der Waals surface area (Å²) < 4.78 is 8.70. The number of amides is 3. The molecule has 294 valence electrons. The topological polar surface area (TPSA) is 117 Å².